The van der Waals surface area contributed by atoms with Crippen LogP contribution < -0.4 is 14.8 Å². The molecule has 0 aliphatic rings. The molecule has 0 atom stereocenters. The summed E-state index contributed by atoms with van der Waals surface area (Å²) in [5.41, 5.74) is 1.01. The minimum Gasteiger partial charge on any atom is -0.493 e. The molecule has 2 rings (SSSR count). The molecule has 0 radical (unpaired) electrons. The van der Waals surface area contributed by atoms with Gasteiger partial charge in [0.05, 0.1) is 11.6 Å². The molecule has 21 heavy (non-hydrogen) atoms. The Morgan fingerprint density at radius 3 is 2.76 bits per heavy atom. The van der Waals surface area contributed by atoms with Gasteiger partial charge in [-0.3, -0.25) is 0 Å². The van der Waals surface area contributed by atoms with Gasteiger partial charge in [0.15, 0.2) is 11.5 Å². The van der Waals surface area contributed by atoms with Crippen LogP contribution in [0.25, 0.3) is 0 Å². The van der Waals surface area contributed by atoms with Gasteiger partial charge in [0.1, 0.15) is 12.4 Å². The second-order valence-corrected chi connectivity index (χ2v) is 5.39. The molecule has 5 heteroatoms. The number of para-hydroxylation sites is 1. The van der Waals surface area contributed by atoms with E-state index in [2.05, 4.69) is 33.2 Å². The number of ether oxygens (including phenoxy) is 2. The SMILES string of the molecule is CCCNc1ccc(COc2c(Br)cccc2OC)cn1. The van der Waals surface area contributed by atoms with Crippen molar-refractivity contribution in [1.82, 2.24) is 4.98 Å². The van der Waals surface area contributed by atoms with Gasteiger partial charge in [-0.1, -0.05) is 19.1 Å². The molecular weight excluding hydrogens is 332 g/mol. The third-order valence-corrected chi connectivity index (χ3v) is 3.54. The van der Waals surface area contributed by atoms with Crippen molar-refractivity contribution in [3.63, 3.8) is 0 Å². The summed E-state index contributed by atoms with van der Waals surface area (Å²) in [6.45, 7) is 3.50. The highest BCUT2D eigenvalue weighted by Gasteiger charge is 2.08. The monoisotopic (exact) mass is 350 g/mol. The van der Waals surface area contributed by atoms with Crippen LogP contribution in [0.5, 0.6) is 11.5 Å². The average Bonchev–Trinajstić information content (AvgIpc) is 2.52. The van der Waals surface area contributed by atoms with Gasteiger partial charge in [0, 0.05) is 18.3 Å². The maximum absolute atomic E-state index is 5.83. The second-order valence-electron chi connectivity index (χ2n) is 4.54. The largest absolute Gasteiger partial charge is 0.493 e. The number of nitrogens with one attached hydrogen (secondary N) is 1. The molecular formula is C16H19BrN2O2. The van der Waals surface area contributed by atoms with Crippen molar-refractivity contribution >= 4 is 21.7 Å². The molecule has 2 aromatic rings. The van der Waals surface area contributed by atoms with E-state index in [1.165, 1.54) is 0 Å². The summed E-state index contributed by atoms with van der Waals surface area (Å²) in [4.78, 5) is 4.36. The topological polar surface area (TPSA) is 43.4 Å². The number of rotatable bonds is 7. The average molecular weight is 351 g/mol. The van der Waals surface area contributed by atoms with Gasteiger partial charge < -0.3 is 14.8 Å². The van der Waals surface area contributed by atoms with Gasteiger partial charge in [-0.05, 0) is 40.5 Å². The standard InChI is InChI=1S/C16H19BrN2O2/c1-3-9-18-15-8-7-12(10-19-15)11-21-16-13(17)5-4-6-14(16)20-2/h4-8,10H,3,9,11H2,1-2H3,(H,18,19). The number of halogens is 1. The lowest BCUT2D eigenvalue weighted by molar-refractivity contribution is 0.282. The number of nitrogens with zero attached hydrogens (tertiary/aromatic N) is 1. The zero-order valence-electron chi connectivity index (χ0n) is 12.2. The molecule has 0 fully saturated rings. The van der Waals surface area contributed by atoms with Crippen molar-refractivity contribution in [3.05, 3.63) is 46.6 Å². The van der Waals surface area contributed by atoms with Crippen LogP contribution in [-0.2, 0) is 6.61 Å². The summed E-state index contributed by atoms with van der Waals surface area (Å²) in [5, 5.41) is 3.24. The summed E-state index contributed by atoms with van der Waals surface area (Å²) in [6.07, 6.45) is 2.90. The fraction of sp³-hybridized carbons (Fsp3) is 0.312. The zero-order valence-corrected chi connectivity index (χ0v) is 13.8. The van der Waals surface area contributed by atoms with Gasteiger partial charge >= 0.3 is 0 Å². The minimum atomic E-state index is 0.444. The van der Waals surface area contributed by atoms with Crippen LogP contribution in [0.4, 0.5) is 5.82 Å². The van der Waals surface area contributed by atoms with E-state index in [0.717, 1.165) is 28.8 Å². The molecule has 1 aromatic carbocycles. The predicted octanol–water partition coefficient (Wildman–Crippen LogP) is 4.25. The first-order valence-corrected chi connectivity index (χ1v) is 7.68. The van der Waals surface area contributed by atoms with E-state index < -0.39 is 0 Å². The predicted molar refractivity (Wildman–Crippen MR) is 88.0 cm³/mol. The molecule has 1 N–H and O–H groups in total. The van der Waals surface area contributed by atoms with Crippen LogP contribution in [0.1, 0.15) is 18.9 Å². The van der Waals surface area contributed by atoms with Crippen LogP contribution in [-0.4, -0.2) is 18.6 Å². The number of hydrogen-bond donors (Lipinski definition) is 1. The fourth-order valence-corrected chi connectivity index (χ4v) is 2.28. The summed E-state index contributed by atoms with van der Waals surface area (Å²) >= 11 is 3.47. The highest BCUT2D eigenvalue weighted by atomic mass is 79.9. The molecule has 0 spiro atoms. The molecule has 0 unspecified atom stereocenters. The van der Waals surface area contributed by atoms with Crippen molar-refractivity contribution in [1.29, 1.82) is 0 Å². The molecule has 0 aliphatic heterocycles. The summed E-state index contributed by atoms with van der Waals surface area (Å²) in [5.74, 6) is 2.30. The summed E-state index contributed by atoms with van der Waals surface area (Å²) < 4.78 is 12.0. The normalized spacial score (nSPS) is 10.2. The number of methoxy groups -OCH3 is 1. The van der Waals surface area contributed by atoms with E-state index in [0.29, 0.717) is 18.1 Å². The molecule has 1 heterocycles. The molecule has 4 nitrogen and oxygen atoms in total. The van der Waals surface area contributed by atoms with E-state index in [4.69, 9.17) is 9.47 Å². The first kappa shape index (κ1) is 15.6. The van der Waals surface area contributed by atoms with Crippen LogP contribution in [0, 0.1) is 0 Å². The Morgan fingerprint density at radius 1 is 1.24 bits per heavy atom. The third-order valence-electron chi connectivity index (χ3n) is 2.91. The first-order chi connectivity index (χ1) is 10.2. The Hall–Kier alpha value is -1.75. The van der Waals surface area contributed by atoms with Gasteiger partial charge in [0.25, 0.3) is 0 Å². The van der Waals surface area contributed by atoms with E-state index in [9.17, 15) is 0 Å². The Kier molecular flexibility index (Phi) is 5.87. The lowest BCUT2D eigenvalue weighted by Crippen LogP contribution is -2.03. The molecule has 0 bridgehead atoms. The number of benzene rings is 1. The van der Waals surface area contributed by atoms with E-state index >= 15 is 0 Å². The minimum absolute atomic E-state index is 0.444. The lowest BCUT2D eigenvalue weighted by atomic mass is 10.3. The van der Waals surface area contributed by atoms with E-state index in [1.807, 2.05) is 36.5 Å². The molecule has 0 saturated heterocycles. The smallest absolute Gasteiger partial charge is 0.175 e. The van der Waals surface area contributed by atoms with Crippen molar-refractivity contribution in [3.8, 4) is 11.5 Å². The van der Waals surface area contributed by atoms with Crippen molar-refractivity contribution in [2.45, 2.75) is 20.0 Å². The maximum Gasteiger partial charge on any atom is 0.175 e. The Balaban J connectivity index is 2.00. The van der Waals surface area contributed by atoms with Crippen LogP contribution in [0.3, 0.4) is 0 Å². The number of aromatic nitrogens is 1. The molecule has 1 aromatic heterocycles. The first-order valence-electron chi connectivity index (χ1n) is 6.88. The van der Waals surface area contributed by atoms with Crippen LogP contribution in [0.15, 0.2) is 41.0 Å². The highest BCUT2D eigenvalue weighted by Crippen LogP contribution is 2.35. The van der Waals surface area contributed by atoms with Gasteiger partial charge in [0.2, 0.25) is 0 Å². The molecule has 0 aliphatic carbocycles. The Morgan fingerprint density at radius 2 is 2.10 bits per heavy atom. The van der Waals surface area contributed by atoms with E-state index in [1.54, 1.807) is 7.11 Å². The highest BCUT2D eigenvalue weighted by molar-refractivity contribution is 9.10. The Bertz CT molecular complexity index is 573. The number of pyridine rings is 1. The molecule has 0 saturated carbocycles. The fourth-order valence-electron chi connectivity index (χ4n) is 1.81. The van der Waals surface area contributed by atoms with E-state index in [-0.39, 0.29) is 0 Å². The Labute approximate surface area is 133 Å². The van der Waals surface area contributed by atoms with Gasteiger partial charge in [-0.15, -0.1) is 0 Å². The maximum atomic E-state index is 5.83. The van der Waals surface area contributed by atoms with Crippen molar-refractivity contribution < 1.29 is 9.47 Å². The van der Waals surface area contributed by atoms with Crippen LogP contribution in [0.2, 0.25) is 0 Å². The van der Waals surface area contributed by atoms with Crippen LogP contribution >= 0.6 is 15.9 Å². The zero-order chi connectivity index (χ0) is 15.1. The summed E-state index contributed by atoms with van der Waals surface area (Å²) in [6, 6.07) is 9.68. The number of hydrogen-bond acceptors (Lipinski definition) is 4. The van der Waals surface area contributed by atoms with Crippen molar-refractivity contribution in [2.75, 3.05) is 19.0 Å². The molecule has 112 valence electrons. The second kappa shape index (κ2) is 7.88. The third kappa shape index (κ3) is 4.36. The summed E-state index contributed by atoms with van der Waals surface area (Å²) in [7, 11) is 1.63. The molecule has 0 amide bonds. The van der Waals surface area contributed by atoms with Gasteiger partial charge in [-0.2, -0.15) is 0 Å². The van der Waals surface area contributed by atoms with Gasteiger partial charge in [-0.25, -0.2) is 4.98 Å². The lowest BCUT2D eigenvalue weighted by Gasteiger charge is -2.12. The quantitative estimate of drug-likeness (QED) is 0.810. The van der Waals surface area contributed by atoms with Crippen molar-refractivity contribution in [2.24, 2.45) is 0 Å². The number of anilines is 1.